The lowest BCUT2D eigenvalue weighted by molar-refractivity contribution is 0.0955. The summed E-state index contributed by atoms with van der Waals surface area (Å²) in [6, 6.07) is 16.7. The number of hydrazone groups is 1. The quantitative estimate of drug-likeness (QED) is 0.450. The van der Waals surface area contributed by atoms with Gasteiger partial charge in [-0.1, -0.05) is 41.9 Å². The van der Waals surface area contributed by atoms with Crippen LogP contribution in [-0.2, 0) is 0 Å². The first kappa shape index (κ1) is 15.2. The summed E-state index contributed by atoms with van der Waals surface area (Å²) >= 11 is 6.17. The van der Waals surface area contributed by atoms with Crippen LogP contribution in [0.4, 0.5) is 0 Å². The third-order valence-electron chi connectivity index (χ3n) is 3.36. The Morgan fingerprint density at radius 2 is 1.96 bits per heavy atom. The van der Waals surface area contributed by atoms with Crippen LogP contribution in [0.1, 0.15) is 21.5 Å². The largest absolute Gasteiger partial charge is 0.271 e. The second-order valence-electron chi connectivity index (χ2n) is 5.13. The Morgan fingerprint density at radius 3 is 2.74 bits per heavy atom. The first-order chi connectivity index (χ1) is 11.1. The highest BCUT2D eigenvalue weighted by molar-refractivity contribution is 6.32. The molecule has 0 aliphatic carbocycles. The normalized spacial score (nSPS) is 11.0. The van der Waals surface area contributed by atoms with E-state index in [0.717, 1.165) is 16.5 Å². The summed E-state index contributed by atoms with van der Waals surface area (Å²) in [6.45, 7) is 2.00. The number of fused-ring (bicyclic) bond motifs is 1. The molecule has 3 rings (SSSR count). The van der Waals surface area contributed by atoms with E-state index in [2.05, 4.69) is 15.5 Å². The minimum absolute atomic E-state index is 0.276. The highest BCUT2D eigenvalue weighted by Gasteiger charge is 2.05. The van der Waals surface area contributed by atoms with E-state index < -0.39 is 0 Å². The van der Waals surface area contributed by atoms with Gasteiger partial charge in [0.2, 0.25) is 0 Å². The summed E-state index contributed by atoms with van der Waals surface area (Å²) in [5.74, 6) is -0.276. The van der Waals surface area contributed by atoms with Gasteiger partial charge in [0.05, 0.1) is 11.7 Å². The number of halogens is 1. The molecule has 0 fully saturated rings. The maximum absolute atomic E-state index is 11.9. The predicted octanol–water partition coefficient (Wildman–Crippen LogP) is 3.96. The summed E-state index contributed by atoms with van der Waals surface area (Å²) in [7, 11) is 0. The van der Waals surface area contributed by atoms with Gasteiger partial charge in [0, 0.05) is 16.5 Å². The Kier molecular flexibility index (Phi) is 4.35. The van der Waals surface area contributed by atoms with Gasteiger partial charge in [0.25, 0.3) is 5.91 Å². The van der Waals surface area contributed by atoms with E-state index >= 15 is 0 Å². The van der Waals surface area contributed by atoms with Gasteiger partial charge in [-0.3, -0.25) is 4.79 Å². The zero-order valence-electron chi connectivity index (χ0n) is 12.5. The lowest BCUT2D eigenvalue weighted by Crippen LogP contribution is -2.17. The number of aromatic nitrogens is 1. The van der Waals surface area contributed by atoms with E-state index in [1.165, 1.54) is 6.21 Å². The number of hydrogen-bond donors (Lipinski definition) is 1. The number of nitrogens with zero attached hydrogens (tertiary/aromatic N) is 2. The van der Waals surface area contributed by atoms with Crippen molar-refractivity contribution in [2.24, 2.45) is 5.10 Å². The highest BCUT2D eigenvalue weighted by Crippen LogP contribution is 2.20. The van der Waals surface area contributed by atoms with Crippen molar-refractivity contribution >= 4 is 34.6 Å². The Balaban J connectivity index is 1.79. The molecule has 114 valence electrons. The number of nitrogens with one attached hydrogen (secondary N) is 1. The van der Waals surface area contributed by atoms with Crippen molar-refractivity contribution in [3.8, 4) is 0 Å². The fourth-order valence-corrected chi connectivity index (χ4v) is 2.37. The standard InChI is InChI=1S/C18H14ClN3O/c1-12-7-8-14-10-15(17(19)21-16(14)9-12)11-20-22-18(23)13-5-3-2-4-6-13/h2-11H,1H3,(H,22,23)/b20-11-. The predicted molar refractivity (Wildman–Crippen MR) is 93.0 cm³/mol. The van der Waals surface area contributed by atoms with E-state index in [1.54, 1.807) is 24.3 Å². The van der Waals surface area contributed by atoms with Gasteiger partial charge in [0.1, 0.15) is 5.15 Å². The molecule has 1 amide bonds. The molecule has 4 nitrogen and oxygen atoms in total. The first-order valence-corrected chi connectivity index (χ1v) is 7.46. The minimum atomic E-state index is -0.276. The monoisotopic (exact) mass is 323 g/mol. The van der Waals surface area contributed by atoms with Gasteiger partial charge in [-0.05, 0) is 36.8 Å². The lowest BCUT2D eigenvalue weighted by atomic mass is 10.1. The number of benzene rings is 2. The Hall–Kier alpha value is -2.72. The van der Waals surface area contributed by atoms with Crippen molar-refractivity contribution in [2.45, 2.75) is 6.92 Å². The Morgan fingerprint density at radius 1 is 1.17 bits per heavy atom. The maximum atomic E-state index is 11.9. The molecule has 2 aromatic carbocycles. The van der Waals surface area contributed by atoms with Crippen LogP contribution in [-0.4, -0.2) is 17.1 Å². The molecule has 3 aromatic rings. The van der Waals surface area contributed by atoms with Gasteiger partial charge in [-0.15, -0.1) is 0 Å². The maximum Gasteiger partial charge on any atom is 0.271 e. The first-order valence-electron chi connectivity index (χ1n) is 7.09. The number of carbonyl (C=O) groups excluding carboxylic acids is 1. The van der Waals surface area contributed by atoms with Crippen LogP contribution in [0.3, 0.4) is 0 Å². The van der Waals surface area contributed by atoms with Crippen LogP contribution in [0.5, 0.6) is 0 Å². The smallest absolute Gasteiger partial charge is 0.267 e. The van der Waals surface area contributed by atoms with Crippen LogP contribution in [0.15, 0.2) is 59.7 Å². The highest BCUT2D eigenvalue weighted by atomic mass is 35.5. The molecule has 1 heterocycles. The van der Waals surface area contributed by atoms with Gasteiger partial charge in [-0.2, -0.15) is 5.10 Å². The van der Waals surface area contributed by atoms with Crippen LogP contribution < -0.4 is 5.43 Å². The van der Waals surface area contributed by atoms with Crippen molar-refractivity contribution in [2.75, 3.05) is 0 Å². The van der Waals surface area contributed by atoms with Crippen molar-refractivity contribution < 1.29 is 4.79 Å². The molecule has 1 N–H and O–H groups in total. The molecule has 1 aromatic heterocycles. The van der Waals surface area contributed by atoms with E-state index in [1.807, 2.05) is 37.3 Å². The third-order valence-corrected chi connectivity index (χ3v) is 3.66. The molecular weight excluding hydrogens is 310 g/mol. The molecule has 0 saturated heterocycles. The number of aryl methyl sites for hydroxylation is 1. The third kappa shape index (κ3) is 3.55. The molecule has 0 bridgehead atoms. The van der Waals surface area contributed by atoms with E-state index in [-0.39, 0.29) is 5.91 Å². The zero-order chi connectivity index (χ0) is 16.2. The van der Waals surface area contributed by atoms with E-state index in [4.69, 9.17) is 11.6 Å². The van der Waals surface area contributed by atoms with Crippen molar-refractivity contribution in [1.29, 1.82) is 0 Å². The molecule has 0 saturated carbocycles. The van der Waals surface area contributed by atoms with Crippen LogP contribution in [0.25, 0.3) is 10.9 Å². The van der Waals surface area contributed by atoms with Crippen molar-refractivity contribution in [3.05, 3.63) is 76.4 Å². The Labute approximate surface area is 138 Å². The molecule has 5 heteroatoms. The van der Waals surface area contributed by atoms with Gasteiger partial charge in [0.15, 0.2) is 0 Å². The molecule has 0 unspecified atom stereocenters. The van der Waals surface area contributed by atoms with Crippen LogP contribution in [0, 0.1) is 6.92 Å². The van der Waals surface area contributed by atoms with E-state index in [0.29, 0.717) is 16.3 Å². The summed E-state index contributed by atoms with van der Waals surface area (Å²) in [6.07, 6.45) is 1.50. The van der Waals surface area contributed by atoms with Gasteiger partial charge < -0.3 is 0 Å². The fraction of sp³-hybridized carbons (Fsp3) is 0.0556. The number of carbonyl (C=O) groups is 1. The summed E-state index contributed by atoms with van der Waals surface area (Å²) in [5, 5.41) is 5.27. The number of hydrogen-bond acceptors (Lipinski definition) is 3. The molecule has 0 aliphatic heterocycles. The number of amides is 1. The second kappa shape index (κ2) is 6.58. The van der Waals surface area contributed by atoms with Crippen LogP contribution in [0.2, 0.25) is 5.15 Å². The average Bonchev–Trinajstić information content (AvgIpc) is 2.56. The molecule has 0 atom stereocenters. The van der Waals surface area contributed by atoms with Crippen LogP contribution >= 0.6 is 11.6 Å². The van der Waals surface area contributed by atoms with E-state index in [9.17, 15) is 4.79 Å². The molecule has 0 aliphatic rings. The van der Waals surface area contributed by atoms with Crippen molar-refractivity contribution in [1.82, 2.24) is 10.4 Å². The number of pyridine rings is 1. The molecule has 23 heavy (non-hydrogen) atoms. The Bertz CT molecular complexity index is 891. The molecule has 0 spiro atoms. The molecular formula is C18H14ClN3O. The molecule has 0 radical (unpaired) electrons. The second-order valence-corrected chi connectivity index (χ2v) is 5.49. The summed E-state index contributed by atoms with van der Waals surface area (Å²) in [5.41, 5.74) is 5.63. The summed E-state index contributed by atoms with van der Waals surface area (Å²) < 4.78 is 0. The topological polar surface area (TPSA) is 54.4 Å². The average molecular weight is 324 g/mol. The minimum Gasteiger partial charge on any atom is -0.267 e. The fourth-order valence-electron chi connectivity index (χ4n) is 2.18. The lowest BCUT2D eigenvalue weighted by Gasteiger charge is -2.03. The van der Waals surface area contributed by atoms with Gasteiger partial charge in [-0.25, -0.2) is 10.4 Å². The zero-order valence-corrected chi connectivity index (χ0v) is 13.2. The SMILES string of the molecule is Cc1ccc2cc(/C=N\NC(=O)c3ccccc3)c(Cl)nc2c1. The number of rotatable bonds is 3. The van der Waals surface area contributed by atoms with Crippen molar-refractivity contribution in [3.63, 3.8) is 0 Å². The van der Waals surface area contributed by atoms with Gasteiger partial charge >= 0.3 is 0 Å². The summed E-state index contributed by atoms with van der Waals surface area (Å²) in [4.78, 5) is 16.3.